The van der Waals surface area contributed by atoms with E-state index in [1.807, 2.05) is 0 Å². The fourth-order valence-electron chi connectivity index (χ4n) is 4.44. The summed E-state index contributed by atoms with van der Waals surface area (Å²) in [6.07, 6.45) is 0.415. The molecule has 47 heavy (non-hydrogen) atoms. The maximum Gasteiger partial charge on any atom is 0.413 e. The zero-order chi connectivity index (χ0) is 34.9. The smallest absolute Gasteiger partial charge is 0.413 e. The molecule has 254 valence electrons. The Morgan fingerprint density at radius 2 is 1.74 bits per heavy atom. The van der Waals surface area contributed by atoms with E-state index in [4.69, 9.17) is 47.0 Å². The van der Waals surface area contributed by atoms with Crippen LogP contribution in [0.25, 0.3) is 0 Å². The first kappa shape index (κ1) is 37.3. The molecule has 16 heteroatoms. The number of amides is 1. The third kappa shape index (κ3) is 10.7. The van der Waals surface area contributed by atoms with Crippen LogP contribution in [-0.4, -0.2) is 62.1 Å². The van der Waals surface area contributed by atoms with Crippen molar-refractivity contribution in [2.24, 2.45) is 5.14 Å². The molecule has 0 bridgehead atoms. The lowest BCUT2D eigenvalue weighted by molar-refractivity contribution is -0.153. The number of Topliss-reactive ketones (excluding diaryl/α,β-unsaturated/α-hetero) is 1. The molecule has 2 aromatic carbocycles. The van der Waals surface area contributed by atoms with Gasteiger partial charge < -0.3 is 23.9 Å². The van der Waals surface area contributed by atoms with Gasteiger partial charge in [-0.1, -0.05) is 35.3 Å². The Morgan fingerprint density at radius 1 is 1.02 bits per heavy atom. The van der Waals surface area contributed by atoms with E-state index in [9.17, 15) is 27.6 Å². The number of carbonyl (C=O) groups excluding carboxylic acids is 4. The number of anilines is 1. The van der Waals surface area contributed by atoms with Gasteiger partial charge in [0, 0.05) is 22.5 Å². The van der Waals surface area contributed by atoms with Gasteiger partial charge >= 0.3 is 18.0 Å². The Balaban J connectivity index is 1.52. The van der Waals surface area contributed by atoms with Crippen molar-refractivity contribution in [3.63, 3.8) is 0 Å². The number of ketones is 1. The first-order valence-corrected chi connectivity index (χ1v) is 16.5. The topological polar surface area (TPSA) is 185 Å². The molecule has 0 saturated heterocycles. The third-order valence-electron chi connectivity index (χ3n) is 6.59. The molecule has 3 N–H and O–H groups in total. The Labute approximate surface area is 282 Å². The number of esters is 2. The van der Waals surface area contributed by atoms with Crippen molar-refractivity contribution in [3.05, 3.63) is 81.7 Å². The molecule has 1 atom stereocenters. The van der Waals surface area contributed by atoms with Crippen molar-refractivity contribution in [2.45, 2.75) is 63.6 Å². The van der Waals surface area contributed by atoms with Gasteiger partial charge in [0.25, 0.3) is 0 Å². The predicted molar refractivity (Wildman–Crippen MR) is 173 cm³/mol. The van der Waals surface area contributed by atoms with E-state index >= 15 is 0 Å². The highest BCUT2D eigenvalue weighted by atomic mass is 35.5. The second kappa shape index (κ2) is 16.1. The van der Waals surface area contributed by atoms with Crippen LogP contribution in [-0.2, 0) is 35.6 Å². The van der Waals surface area contributed by atoms with Gasteiger partial charge in [0.2, 0.25) is 16.8 Å². The van der Waals surface area contributed by atoms with Crippen LogP contribution in [0.5, 0.6) is 0 Å². The summed E-state index contributed by atoms with van der Waals surface area (Å²) in [6.45, 7) is 5.93. The molecule has 3 rings (SSSR count). The molecule has 0 aliphatic rings. The maximum absolute atomic E-state index is 13.1. The highest BCUT2D eigenvalue weighted by Gasteiger charge is 2.36. The van der Waals surface area contributed by atoms with Crippen LogP contribution in [0.2, 0.25) is 10.0 Å². The number of nitrogens with two attached hydrogens (primary N) is 1. The number of ether oxygens (including phenoxy) is 3. The monoisotopic (exact) mass is 711 g/mol. The minimum absolute atomic E-state index is 0.0304. The van der Waals surface area contributed by atoms with E-state index in [1.54, 1.807) is 58.0 Å². The van der Waals surface area contributed by atoms with Gasteiger partial charge in [-0.05, 0) is 70.5 Å². The first-order chi connectivity index (χ1) is 22.0. The average Bonchev–Trinajstić information content (AvgIpc) is 3.50. The lowest BCUT2D eigenvalue weighted by Crippen LogP contribution is -2.53. The number of nitrogens with zero attached hydrogens (tertiary/aromatic N) is 1. The maximum atomic E-state index is 13.1. The van der Waals surface area contributed by atoms with E-state index < -0.39 is 51.3 Å². The highest BCUT2D eigenvalue weighted by Crippen LogP contribution is 2.29. The molecule has 0 spiro atoms. The number of sulfonamides is 1. The normalized spacial score (nSPS) is 12.1. The first-order valence-electron chi connectivity index (χ1n) is 14.2. The summed E-state index contributed by atoms with van der Waals surface area (Å²) in [6, 6.07) is 11.0. The Morgan fingerprint density at radius 3 is 2.36 bits per heavy atom. The van der Waals surface area contributed by atoms with Crippen LogP contribution in [0.15, 0.2) is 64.1 Å². The number of primary sulfonamides is 1. The van der Waals surface area contributed by atoms with Crippen LogP contribution in [0.3, 0.4) is 0 Å². The summed E-state index contributed by atoms with van der Waals surface area (Å²) in [4.78, 5) is 51.9. The largest absolute Gasteiger partial charge is 0.467 e. The molecule has 13 nitrogen and oxygen atoms in total. The van der Waals surface area contributed by atoms with Crippen molar-refractivity contribution in [1.82, 2.24) is 4.90 Å². The standard InChI is InChI=1S/C31H35Cl2N3O10S/c1-19(28(38)20-8-5-9-21(32)14-20)36(31(2,3)4)30(40)46-18-45-27(37)11-7-13-44-29(39)23-15-26(47(34,41)42)24(33)16-25(23)35-17-22-10-6-12-43-22/h5-6,8-10,12,14-16,19,35H,7,11,13,17-18H2,1-4H3,(H2,34,41,42). The third-order valence-corrected chi connectivity index (χ3v) is 8.20. The van der Waals surface area contributed by atoms with Crippen LogP contribution in [0.4, 0.5) is 10.5 Å². The zero-order valence-corrected chi connectivity index (χ0v) is 28.4. The fraction of sp³-hybridized carbons (Fsp3) is 0.355. The quantitative estimate of drug-likeness (QED) is 0.0892. The van der Waals surface area contributed by atoms with E-state index in [2.05, 4.69) is 5.32 Å². The van der Waals surface area contributed by atoms with Crippen molar-refractivity contribution in [2.75, 3.05) is 18.7 Å². The van der Waals surface area contributed by atoms with Crippen molar-refractivity contribution in [3.8, 4) is 0 Å². The molecule has 1 unspecified atom stereocenters. The number of furan rings is 1. The Kier molecular flexibility index (Phi) is 12.8. The number of benzene rings is 2. The van der Waals surface area contributed by atoms with Crippen molar-refractivity contribution >= 4 is 62.7 Å². The van der Waals surface area contributed by atoms with Gasteiger partial charge in [-0.3, -0.25) is 14.5 Å². The molecule has 0 aliphatic heterocycles. The zero-order valence-electron chi connectivity index (χ0n) is 26.1. The van der Waals surface area contributed by atoms with E-state index in [0.29, 0.717) is 16.3 Å². The fourth-order valence-corrected chi connectivity index (χ4v) is 5.73. The molecule has 0 saturated carbocycles. The van der Waals surface area contributed by atoms with Gasteiger partial charge in [0.1, 0.15) is 10.7 Å². The van der Waals surface area contributed by atoms with E-state index in [-0.39, 0.29) is 48.0 Å². The number of nitrogens with one attached hydrogen (secondary N) is 1. The lowest BCUT2D eigenvalue weighted by Gasteiger charge is -2.38. The minimum Gasteiger partial charge on any atom is -0.467 e. The van der Waals surface area contributed by atoms with Crippen LogP contribution in [0.1, 0.15) is 67.0 Å². The van der Waals surface area contributed by atoms with Crippen molar-refractivity contribution in [1.29, 1.82) is 0 Å². The highest BCUT2D eigenvalue weighted by molar-refractivity contribution is 7.89. The number of hydrogen-bond donors (Lipinski definition) is 2. The number of carbonyl (C=O) groups is 4. The van der Waals surface area contributed by atoms with Gasteiger partial charge in [-0.25, -0.2) is 23.1 Å². The molecule has 3 aromatic rings. The Hall–Kier alpha value is -4.11. The summed E-state index contributed by atoms with van der Waals surface area (Å²) in [5, 5.41) is 8.34. The molecule has 1 aromatic heterocycles. The minimum atomic E-state index is -4.26. The average molecular weight is 713 g/mol. The SMILES string of the molecule is CC(C(=O)c1cccc(Cl)c1)N(C(=O)OCOC(=O)CCCOC(=O)c1cc(S(N)(=O)=O)c(Cl)cc1NCc1ccco1)C(C)(C)C. The summed E-state index contributed by atoms with van der Waals surface area (Å²) < 4.78 is 44.6. The number of hydrogen-bond acceptors (Lipinski definition) is 11. The second-order valence-corrected chi connectivity index (χ2v) is 13.6. The molecular weight excluding hydrogens is 677 g/mol. The van der Waals surface area contributed by atoms with E-state index in [1.165, 1.54) is 23.3 Å². The van der Waals surface area contributed by atoms with Gasteiger partial charge in [0.05, 0.1) is 41.7 Å². The number of rotatable bonds is 14. The lowest BCUT2D eigenvalue weighted by atomic mass is 9.98. The molecule has 0 aliphatic carbocycles. The summed E-state index contributed by atoms with van der Waals surface area (Å²) in [7, 11) is -4.26. The summed E-state index contributed by atoms with van der Waals surface area (Å²) in [5.74, 6) is -1.47. The van der Waals surface area contributed by atoms with Crippen LogP contribution < -0.4 is 10.5 Å². The predicted octanol–water partition coefficient (Wildman–Crippen LogP) is 5.79. The van der Waals surface area contributed by atoms with Crippen LogP contribution in [0, 0.1) is 0 Å². The molecular formula is C31H35Cl2N3O10S. The molecule has 1 heterocycles. The van der Waals surface area contributed by atoms with Crippen LogP contribution >= 0.6 is 23.2 Å². The number of halogens is 2. The van der Waals surface area contributed by atoms with Crippen molar-refractivity contribution < 1.29 is 46.2 Å². The molecule has 0 radical (unpaired) electrons. The van der Waals surface area contributed by atoms with E-state index in [0.717, 1.165) is 6.07 Å². The summed E-state index contributed by atoms with van der Waals surface area (Å²) in [5.41, 5.74) is -0.503. The second-order valence-electron chi connectivity index (χ2n) is 11.2. The van der Waals surface area contributed by atoms with Gasteiger partial charge in [0.15, 0.2) is 5.78 Å². The molecule has 1 amide bonds. The summed E-state index contributed by atoms with van der Waals surface area (Å²) >= 11 is 12.1. The van der Waals surface area contributed by atoms with Gasteiger partial charge in [-0.2, -0.15) is 0 Å². The Bertz CT molecular complexity index is 1710. The van der Waals surface area contributed by atoms with Gasteiger partial charge in [-0.15, -0.1) is 0 Å². The molecule has 0 fully saturated rings.